The summed E-state index contributed by atoms with van der Waals surface area (Å²) in [5.41, 5.74) is 1.22. The van der Waals surface area contributed by atoms with E-state index in [9.17, 15) is 0 Å². The van der Waals surface area contributed by atoms with Crippen molar-refractivity contribution in [3.05, 3.63) is 52.5 Å². The fourth-order valence-electron chi connectivity index (χ4n) is 2.74. The molecule has 0 unspecified atom stereocenters. The molecule has 3 rings (SSSR count). The second-order valence-electron chi connectivity index (χ2n) is 5.67. The number of aromatic nitrogens is 2. The van der Waals surface area contributed by atoms with Crippen LogP contribution in [0, 0.1) is 0 Å². The number of halogens is 2. The Morgan fingerprint density at radius 1 is 0.955 bits per heavy atom. The second kappa shape index (κ2) is 7.47. The number of piperazine rings is 1. The van der Waals surface area contributed by atoms with Crippen molar-refractivity contribution in [1.82, 2.24) is 19.4 Å². The highest BCUT2D eigenvalue weighted by Gasteiger charge is 2.16. The van der Waals surface area contributed by atoms with Crippen molar-refractivity contribution < 1.29 is 0 Å². The molecule has 4 nitrogen and oxygen atoms in total. The molecule has 118 valence electrons. The van der Waals surface area contributed by atoms with Crippen LogP contribution in [-0.4, -0.2) is 52.1 Å². The molecule has 1 aliphatic heterocycles. The average molecular weight is 339 g/mol. The lowest BCUT2D eigenvalue weighted by Gasteiger charge is -2.34. The summed E-state index contributed by atoms with van der Waals surface area (Å²) in [4.78, 5) is 9.04. The van der Waals surface area contributed by atoms with Crippen LogP contribution in [0.4, 0.5) is 0 Å². The van der Waals surface area contributed by atoms with Crippen molar-refractivity contribution in [2.24, 2.45) is 0 Å². The smallest absolute Gasteiger partial charge is 0.0946 e. The van der Waals surface area contributed by atoms with Gasteiger partial charge >= 0.3 is 0 Å². The molecule has 2 heterocycles. The Hall–Kier alpha value is -1.07. The third-order valence-electron chi connectivity index (χ3n) is 4.09. The van der Waals surface area contributed by atoms with Gasteiger partial charge in [0.15, 0.2) is 0 Å². The zero-order valence-electron chi connectivity index (χ0n) is 12.5. The van der Waals surface area contributed by atoms with E-state index >= 15 is 0 Å². The van der Waals surface area contributed by atoms with E-state index in [0.29, 0.717) is 10.0 Å². The highest BCUT2D eigenvalue weighted by Crippen LogP contribution is 2.23. The van der Waals surface area contributed by atoms with Gasteiger partial charge in [-0.3, -0.25) is 9.80 Å². The summed E-state index contributed by atoms with van der Waals surface area (Å²) in [5, 5.41) is 1.26. The maximum Gasteiger partial charge on any atom is 0.0946 e. The SMILES string of the molecule is Clc1ccc(CN2CCN(CCn3ccnc3)CC2)cc1Cl. The van der Waals surface area contributed by atoms with Gasteiger partial charge in [0, 0.05) is 58.2 Å². The summed E-state index contributed by atoms with van der Waals surface area (Å²) in [7, 11) is 0. The monoisotopic (exact) mass is 338 g/mol. The van der Waals surface area contributed by atoms with Gasteiger partial charge in [-0.25, -0.2) is 4.98 Å². The molecule has 0 amide bonds. The van der Waals surface area contributed by atoms with Gasteiger partial charge < -0.3 is 4.57 Å². The van der Waals surface area contributed by atoms with Gasteiger partial charge in [0.05, 0.1) is 16.4 Å². The molecule has 0 N–H and O–H groups in total. The quantitative estimate of drug-likeness (QED) is 0.837. The molecule has 1 aliphatic rings. The van der Waals surface area contributed by atoms with Crippen LogP contribution in [0.2, 0.25) is 10.0 Å². The van der Waals surface area contributed by atoms with Crippen LogP contribution in [0.25, 0.3) is 0 Å². The molecule has 0 bridgehead atoms. The lowest BCUT2D eigenvalue weighted by Crippen LogP contribution is -2.46. The molecule has 1 fully saturated rings. The second-order valence-corrected chi connectivity index (χ2v) is 6.48. The molecular weight excluding hydrogens is 319 g/mol. The largest absolute Gasteiger partial charge is 0.336 e. The summed E-state index contributed by atoms with van der Waals surface area (Å²) in [5.74, 6) is 0. The topological polar surface area (TPSA) is 24.3 Å². The maximum absolute atomic E-state index is 6.08. The van der Waals surface area contributed by atoms with Gasteiger partial charge in [-0.15, -0.1) is 0 Å². The molecule has 0 spiro atoms. The number of hydrogen-bond donors (Lipinski definition) is 0. The van der Waals surface area contributed by atoms with E-state index in [-0.39, 0.29) is 0 Å². The van der Waals surface area contributed by atoms with Crippen LogP contribution in [0.1, 0.15) is 5.56 Å². The standard InChI is InChI=1S/C16H20Cl2N4/c17-15-2-1-14(11-16(15)18)12-21-8-5-20(6-9-21)7-10-22-4-3-19-13-22/h1-4,11,13H,5-10,12H2. The highest BCUT2D eigenvalue weighted by atomic mass is 35.5. The normalized spacial score (nSPS) is 17.0. The lowest BCUT2D eigenvalue weighted by molar-refractivity contribution is 0.124. The Balaban J connectivity index is 1.44. The third kappa shape index (κ3) is 4.23. The summed E-state index contributed by atoms with van der Waals surface area (Å²) >= 11 is 12.0. The Kier molecular flexibility index (Phi) is 5.37. The van der Waals surface area contributed by atoms with E-state index in [1.807, 2.05) is 30.9 Å². The fraction of sp³-hybridized carbons (Fsp3) is 0.438. The Bertz CT molecular complexity index is 592. The van der Waals surface area contributed by atoms with Crippen LogP contribution in [0.3, 0.4) is 0 Å². The molecule has 0 saturated carbocycles. The first-order valence-electron chi connectivity index (χ1n) is 7.55. The first kappa shape index (κ1) is 15.8. The summed E-state index contributed by atoms with van der Waals surface area (Å²) in [6, 6.07) is 5.90. The zero-order chi connectivity index (χ0) is 15.4. The minimum Gasteiger partial charge on any atom is -0.336 e. The molecule has 1 saturated heterocycles. The third-order valence-corrected chi connectivity index (χ3v) is 4.83. The highest BCUT2D eigenvalue weighted by molar-refractivity contribution is 6.42. The summed E-state index contributed by atoms with van der Waals surface area (Å²) < 4.78 is 2.13. The average Bonchev–Trinajstić information content (AvgIpc) is 3.04. The van der Waals surface area contributed by atoms with Crippen molar-refractivity contribution in [3.63, 3.8) is 0 Å². The van der Waals surface area contributed by atoms with E-state index in [1.165, 1.54) is 5.56 Å². The van der Waals surface area contributed by atoms with Gasteiger partial charge in [0.1, 0.15) is 0 Å². The van der Waals surface area contributed by atoms with Crippen LogP contribution < -0.4 is 0 Å². The predicted octanol–water partition coefficient (Wildman–Crippen LogP) is 3.01. The molecule has 6 heteroatoms. The van der Waals surface area contributed by atoms with Crippen LogP contribution in [0.5, 0.6) is 0 Å². The van der Waals surface area contributed by atoms with Crippen LogP contribution in [0.15, 0.2) is 36.9 Å². The van der Waals surface area contributed by atoms with Gasteiger partial charge in [-0.2, -0.15) is 0 Å². The van der Waals surface area contributed by atoms with Crippen molar-refractivity contribution in [3.8, 4) is 0 Å². The predicted molar refractivity (Wildman–Crippen MR) is 90.4 cm³/mol. The van der Waals surface area contributed by atoms with Gasteiger partial charge in [-0.05, 0) is 17.7 Å². The Morgan fingerprint density at radius 3 is 2.41 bits per heavy atom. The van der Waals surface area contributed by atoms with E-state index in [1.54, 1.807) is 0 Å². The molecule has 0 radical (unpaired) electrons. The molecule has 0 aliphatic carbocycles. The summed E-state index contributed by atoms with van der Waals surface area (Å²) in [6.45, 7) is 7.41. The number of imidazole rings is 1. The van der Waals surface area contributed by atoms with E-state index in [2.05, 4.69) is 25.4 Å². The molecule has 1 aromatic heterocycles. The Labute approximate surface area is 141 Å². The van der Waals surface area contributed by atoms with E-state index in [4.69, 9.17) is 23.2 Å². The number of hydrogen-bond acceptors (Lipinski definition) is 3. The first-order chi connectivity index (χ1) is 10.7. The minimum absolute atomic E-state index is 0.620. The molecule has 0 atom stereocenters. The minimum atomic E-state index is 0.620. The Morgan fingerprint density at radius 2 is 1.73 bits per heavy atom. The fourth-order valence-corrected chi connectivity index (χ4v) is 3.06. The summed E-state index contributed by atoms with van der Waals surface area (Å²) in [6.07, 6.45) is 5.72. The van der Waals surface area contributed by atoms with Crippen LogP contribution >= 0.6 is 23.2 Å². The van der Waals surface area contributed by atoms with Crippen molar-refractivity contribution in [2.45, 2.75) is 13.1 Å². The van der Waals surface area contributed by atoms with Gasteiger partial charge in [-0.1, -0.05) is 29.3 Å². The van der Waals surface area contributed by atoms with Crippen molar-refractivity contribution in [2.75, 3.05) is 32.7 Å². The number of nitrogens with zero attached hydrogens (tertiary/aromatic N) is 4. The van der Waals surface area contributed by atoms with E-state index < -0.39 is 0 Å². The molecule has 2 aromatic rings. The van der Waals surface area contributed by atoms with Crippen molar-refractivity contribution >= 4 is 23.2 Å². The van der Waals surface area contributed by atoms with Crippen molar-refractivity contribution in [1.29, 1.82) is 0 Å². The molecule has 1 aromatic carbocycles. The van der Waals surface area contributed by atoms with Gasteiger partial charge in [0.2, 0.25) is 0 Å². The zero-order valence-corrected chi connectivity index (χ0v) is 14.0. The molecule has 22 heavy (non-hydrogen) atoms. The molecular formula is C16H20Cl2N4. The first-order valence-corrected chi connectivity index (χ1v) is 8.31. The maximum atomic E-state index is 6.08. The van der Waals surface area contributed by atoms with E-state index in [0.717, 1.165) is 45.8 Å². The lowest BCUT2D eigenvalue weighted by atomic mass is 10.2. The van der Waals surface area contributed by atoms with Gasteiger partial charge in [0.25, 0.3) is 0 Å². The number of benzene rings is 1. The van der Waals surface area contributed by atoms with Crippen LogP contribution in [-0.2, 0) is 13.1 Å². The number of rotatable bonds is 5.